The molecule has 2 aromatic carbocycles. The van der Waals surface area contributed by atoms with Crippen molar-refractivity contribution in [3.8, 4) is 0 Å². The van der Waals surface area contributed by atoms with Crippen LogP contribution < -0.4 is 10.2 Å². The van der Waals surface area contributed by atoms with Crippen LogP contribution in [0.15, 0.2) is 48.8 Å². The summed E-state index contributed by atoms with van der Waals surface area (Å²) in [6, 6.07) is 9.87. The first-order valence-corrected chi connectivity index (χ1v) is 10.0. The van der Waals surface area contributed by atoms with Gasteiger partial charge in [0.15, 0.2) is 15.8 Å². The Morgan fingerprint density at radius 1 is 1.00 bits per heavy atom. The Morgan fingerprint density at radius 2 is 1.67 bits per heavy atom. The maximum absolute atomic E-state index is 12.8. The van der Waals surface area contributed by atoms with Gasteiger partial charge >= 0.3 is 6.18 Å². The number of hydrogen-bond donors (Lipinski definition) is 1. The number of aromatic nitrogens is 3. The Labute approximate surface area is 183 Å². The fourth-order valence-electron chi connectivity index (χ4n) is 2.76. The lowest BCUT2D eigenvalue weighted by molar-refractivity contribution is -0.137. The van der Waals surface area contributed by atoms with Gasteiger partial charge in [-0.1, -0.05) is 40.6 Å². The van der Waals surface area contributed by atoms with Crippen molar-refractivity contribution < 1.29 is 13.2 Å². The van der Waals surface area contributed by atoms with Crippen molar-refractivity contribution in [1.82, 2.24) is 15.0 Å². The highest BCUT2D eigenvalue weighted by atomic mass is 35.5. The number of alkyl halides is 3. The SMILES string of the molecule is CN(c1nc2c(Nc3ccc(C(F)(F)F)cc3)ncnc2s1)c1c(Cl)cccc1Cl. The van der Waals surface area contributed by atoms with Crippen LogP contribution >= 0.6 is 34.5 Å². The monoisotopic (exact) mass is 469 g/mol. The molecule has 154 valence electrons. The van der Waals surface area contributed by atoms with E-state index in [0.717, 1.165) is 12.1 Å². The summed E-state index contributed by atoms with van der Waals surface area (Å²) >= 11 is 13.9. The first-order valence-electron chi connectivity index (χ1n) is 8.47. The summed E-state index contributed by atoms with van der Waals surface area (Å²) in [5, 5.41) is 4.52. The predicted octanol–water partition coefficient (Wildman–Crippen LogP) is 6.92. The minimum absolute atomic E-state index is 0.376. The van der Waals surface area contributed by atoms with Crippen LogP contribution in [-0.4, -0.2) is 22.0 Å². The van der Waals surface area contributed by atoms with E-state index in [1.807, 2.05) is 0 Å². The van der Waals surface area contributed by atoms with Gasteiger partial charge in [0.1, 0.15) is 11.8 Å². The van der Waals surface area contributed by atoms with Gasteiger partial charge in [0.05, 0.1) is 21.3 Å². The number of anilines is 4. The molecule has 0 radical (unpaired) electrons. The van der Waals surface area contributed by atoms with Gasteiger partial charge in [-0.15, -0.1) is 0 Å². The second-order valence-corrected chi connectivity index (χ2v) is 7.97. The minimum atomic E-state index is -4.39. The van der Waals surface area contributed by atoms with Crippen LogP contribution in [0.3, 0.4) is 0 Å². The summed E-state index contributed by atoms with van der Waals surface area (Å²) in [5.41, 5.74) is 0.799. The molecule has 4 aromatic rings. The lowest BCUT2D eigenvalue weighted by Crippen LogP contribution is -2.10. The molecule has 0 aliphatic rings. The van der Waals surface area contributed by atoms with Gasteiger partial charge < -0.3 is 10.2 Å². The Bertz CT molecular complexity index is 1190. The molecule has 2 heterocycles. The topological polar surface area (TPSA) is 53.9 Å². The molecule has 11 heteroatoms. The van der Waals surface area contributed by atoms with E-state index in [2.05, 4.69) is 20.3 Å². The summed E-state index contributed by atoms with van der Waals surface area (Å²) in [5.74, 6) is 0.376. The average molecular weight is 470 g/mol. The van der Waals surface area contributed by atoms with Crippen LogP contribution in [0.5, 0.6) is 0 Å². The third-order valence-corrected chi connectivity index (χ3v) is 5.87. The van der Waals surface area contributed by atoms with E-state index in [1.165, 1.54) is 29.8 Å². The largest absolute Gasteiger partial charge is 0.416 e. The lowest BCUT2D eigenvalue weighted by Gasteiger charge is -2.18. The summed E-state index contributed by atoms with van der Waals surface area (Å²) in [7, 11) is 1.78. The van der Waals surface area contributed by atoms with E-state index >= 15 is 0 Å². The third kappa shape index (κ3) is 4.00. The van der Waals surface area contributed by atoms with Crippen LogP contribution in [0.25, 0.3) is 10.3 Å². The van der Waals surface area contributed by atoms with Crippen molar-refractivity contribution in [2.45, 2.75) is 6.18 Å². The minimum Gasteiger partial charge on any atom is -0.338 e. The third-order valence-electron chi connectivity index (χ3n) is 4.22. The van der Waals surface area contributed by atoms with Crippen LogP contribution in [0.2, 0.25) is 10.0 Å². The van der Waals surface area contributed by atoms with Crippen LogP contribution in [0.4, 0.5) is 35.5 Å². The Balaban J connectivity index is 1.67. The highest BCUT2D eigenvalue weighted by Gasteiger charge is 2.30. The molecular formula is C19H12Cl2F3N5S. The number of thiazole rings is 1. The second kappa shape index (κ2) is 7.90. The predicted molar refractivity (Wildman–Crippen MR) is 114 cm³/mol. The number of fused-ring (bicyclic) bond motifs is 1. The number of benzene rings is 2. The molecule has 0 saturated heterocycles. The van der Waals surface area contributed by atoms with Crippen molar-refractivity contribution in [2.24, 2.45) is 0 Å². The molecule has 2 aromatic heterocycles. The number of halogens is 5. The van der Waals surface area contributed by atoms with Gasteiger partial charge in [-0.25, -0.2) is 15.0 Å². The Hall–Kier alpha value is -2.62. The molecule has 0 aliphatic heterocycles. The van der Waals surface area contributed by atoms with Crippen molar-refractivity contribution >= 4 is 67.2 Å². The standard InChI is InChI=1S/C19H12Cl2F3N5S/c1-29(15-12(20)3-2-4-13(15)21)18-28-14-16(25-9-26-17(14)30-18)27-11-7-5-10(6-8-11)19(22,23)24/h2-9H,1H3,(H,25,26,27). The summed E-state index contributed by atoms with van der Waals surface area (Å²) in [6.07, 6.45) is -3.03. The quantitative estimate of drug-likeness (QED) is 0.351. The average Bonchev–Trinajstić information content (AvgIpc) is 3.13. The molecule has 0 bridgehead atoms. The van der Waals surface area contributed by atoms with Crippen molar-refractivity contribution in [2.75, 3.05) is 17.3 Å². The van der Waals surface area contributed by atoms with Gasteiger partial charge in [-0.2, -0.15) is 13.2 Å². The highest BCUT2D eigenvalue weighted by Crippen LogP contribution is 2.40. The molecule has 0 fully saturated rings. The van der Waals surface area contributed by atoms with E-state index in [9.17, 15) is 13.2 Å². The fourth-order valence-corrected chi connectivity index (χ4v) is 4.29. The molecule has 0 amide bonds. The van der Waals surface area contributed by atoms with E-state index in [-0.39, 0.29) is 0 Å². The lowest BCUT2D eigenvalue weighted by atomic mass is 10.2. The highest BCUT2D eigenvalue weighted by molar-refractivity contribution is 7.22. The molecule has 5 nitrogen and oxygen atoms in total. The molecule has 30 heavy (non-hydrogen) atoms. The van der Waals surface area contributed by atoms with Gasteiger partial charge in [0.2, 0.25) is 0 Å². The maximum Gasteiger partial charge on any atom is 0.416 e. The number of nitrogens with zero attached hydrogens (tertiary/aromatic N) is 4. The Morgan fingerprint density at radius 3 is 2.30 bits per heavy atom. The van der Waals surface area contributed by atoms with Gasteiger partial charge in [-0.05, 0) is 36.4 Å². The van der Waals surface area contributed by atoms with E-state index in [4.69, 9.17) is 23.2 Å². The van der Waals surface area contributed by atoms with Gasteiger partial charge in [-0.3, -0.25) is 0 Å². The summed E-state index contributed by atoms with van der Waals surface area (Å²) < 4.78 is 38.3. The van der Waals surface area contributed by atoms with Gasteiger partial charge in [0.25, 0.3) is 0 Å². The molecule has 0 unspecified atom stereocenters. The summed E-state index contributed by atoms with van der Waals surface area (Å²) in [4.78, 5) is 15.4. The van der Waals surface area contributed by atoms with Crippen LogP contribution in [0, 0.1) is 0 Å². The zero-order valence-corrected chi connectivity index (χ0v) is 17.5. The zero-order valence-electron chi connectivity index (χ0n) is 15.2. The summed E-state index contributed by atoms with van der Waals surface area (Å²) in [6.45, 7) is 0. The molecule has 0 atom stereocenters. The van der Waals surface area contributed by atoms with Crippen molar-refractivity contribution in [3.63, 3.8) is 0 Å². The van der Waals surface area contributed by atoms with E-state index in [1.54, 1.807) is 30.1 Å². The van der Waals surface area contributed by atoms with Crippen molar-refractivity contribution in [3.05, 3.63) is 64.4 Å². The molecule has 0 spiro atoms. The molecule has 1 N–H and O–H groups in total. The first-order chi connectivity index (χ1) is 14.2. The maximum atomic E-state index is 12.8. The van der Waals surface area contributed by atoms with E-state index in [0.29, 0.717) is 42.7 Å². The zero-order chi connectivity index (χ0) is 21.5. The molecule has 4 rings (SSSR count). The van der Waals surface area contributed by atoms with Gasteiger partial charge in [0, 0.05) is 12.7 Å². The van der Waals surface area contributed by atoms with Crippen molar-refractivity contribution in [1.29, 1.82) is 0 Å². The normalized spacial score (nSPS) is 11.7. The van der Waals surface area contributed by atoms with Crippen LogP contribution in [0.1, 0.15) is 5.56 Å². The smallest absolute Gasteiger partial charge is 0.338 e. The Kier molecular flexibility index (Phi) is 5.44. The molecule has 0 saturated carbocycles. The van der Waals surface area contributed by atoms with Crippen LogP contribution in [-0.2, 0) is 6.18 Å². The number of nitrogens with one attached hydrogen (secondary N) is 1. The molecular weight excluding hydrogens is 458 g/mol. The fraction of sp³-hybridized carbons (Fsp3) is 0.105. The second-order valence-electron chi connectivity index (χ2n) is 6.20. The number of para-hydroxylation sites is 1. The number of hydrogen-bond acceptors (Lipinski definition) is 6. The first kappa shape index (κ1) is 20.6. The number of rotatable bonds is 4. The van der Waals surface area contributed by atoms with E-state index < -0.39 is 11.7 Å². The molecule has 0 aliphatic carbocycles.